The normalized spacial score (nSPS) is 30.1. The average Bonchev–Trinajstić information content (AvgIpc) is 3.11. The Morgan fingerprint density at radius 1 is 1.37 bits per heavy atom. The minimum absolute atomic E-state index is 0.789. The molecule has 0 spiro atoms. The van der Waals surface area contributed by atoms with Crippen LogP contribution in [0.4, 0.5) is 0 Å². The van der Waals surface area contributed by atoms with Crippen LogP contribution in [-0.2, 0) is 0 Å². The smallest absolute Gasteiger partial charge is 0.000287 e. The summed E-state index contributed by atoms with van der Waals surface area (Å²) in [5.74, 6) is 3.30. The van der Waals surface area contributed by atoms with Crippen molar-refractivity contribution in [1.29, 1.82) is 0 Å². The van der Waals surface area contributed by atoms with Gasteiger partial charge < -0.3 is 0 Å². The van der Waals surface area contributed by atoms with Crippen LogP contribution in [0, 0.1) is 23.7 Å². The van der Waals surface area contributed by atoms with Gasteiger partial charge in [0.05, 0.1) is 0 Å². The molecule has 0 bridgehead atoms. The van der Waals surface area contributed by atoms with E-state index >= 15 is 0 Å². The molecule has 0 saturated carbocycles. The van der Waals surface area contributed by atoms with E-state index in [2.05, 4.69) is 46.4 Å². The van der Waals surface area contributed by atoms with Crippen molar-refractivity contribution in [3.63, 3.8) is 0 Å². The van der Waals surface area contributed by atoms with Gasteiger partial charge in [-0.25, -0.2) is 0 Å². The minimum atomic E-state index is 0.789. The summed E-state index contributed by atoms with van der Waals surface area (Å²) < 4.78 is 0. The standard InChI is InChI=1S/C19H30/c1-13(2)16-10-9-15(5)17(11-16)7-6-8-18-12-19(18)14(3)4/h11-12,14-15,17,19H,1,6-10H2,2-5H3. The van der Waals surface area contributed by atoms with Gasteiger partial charge in [-0.3, -0.25) is 0 Å². The highest BCUT2D eigenvalue weighted by atomic mass is 14.3. The van der Waals surface area contributed by atoms with Crippen molar-refractivity contribution in [3.8, 4) is 0 Å². The Bertz CT molecular complexity index is 394. The lowest BCUT2D eigenvalue weighted by Gasteiger charge is -2.28. The molecule has 19 heavy (non-hydrogen) atoms. The van der Waals surface area contributed by atoms with Crippen LogP contribution in [0.2, 0.25) is 0 Å². The van der Waals surface area contributed by atoms with Gasteiger partial charge in [0.15, 0.2) is 0 Å². The third-order valence-electron chi connectivity index (χ3n) is 5.00. The van der Waals surface area contributed by atoms with Gasteiger partial charge in [-0.2, -0.15) is 0 Å². The van der Waals surface area contributed by atoms with Crippen LogP contribution in [-0.4, -0.2) is 0 Å². The zero-order chi connectivity index (χ0) is 14.0. The average molecular weight is 258 g/mol. The number of rotatable bonds is 6. The molecule has 0 aromatic carbocycles. The van der Waals surface area contributed by atoms with Gasteiger partial charge in [0.2, 0.25) is 0 Å². The fourth-order valence-corrected chi connectivity index (χ4v) is 3.42. The molecule has 3 atom stereocenters. The Hall–Kier alpha value is -0.780. The maximum absolute atomic E-state index is 4.11. The van der Waals surface area contributed by atoms with E-state index in [4.69, 9.17) is 0 Å². The van der Waals surface area contributed by atoms with Crippen molar-refractivity contribution in [2.45, 2.75) is 59.8 Å². The van der Waals surface area contributed by atoms with E-state index in [0.29, 0.717) is 0 Å². The summed E-state index contributed by atoms with van der Waals surface area (Å²) in [7, 11) is 0. The second-order valence-corrected chi connectivity index (χ2v) is 7.06. The van der Waals surface area contributed by atoms with Gasteiger partial charge in [-0.1, -0.05) is 50.6 Å². The van der Waals surface area contributed by atoms with Crippen LogP contribution < -0.4 is 0 Å². The monoisotopic (exact) mass is 258 g/mol. The first-order valence-corrected chi connectivity index (χ1v) is 8.06. The lowest BCUT2D eigenvalue weighted by Crippen LogP contribution is -2.15. The van der Waals surface area contributed by atoms with Gasteiger partial charge >= 0.3 is 0 Å². The quantitative estimate of drug-likeness (QED) is 0.519. The molecule has 0 amide bonds. The summed E-state index contributed by atoms with van der Waals surface area (Å²) in [6, 6.07) is 0. The van der Waals surface area contributed by atoms with E-state index in [1.54, 1.807) is 5.57 Å². The molecule has 2 rings (SSSR count). The van der Waals surface area contributed by atoms with E-state index in [-0.39, 0.29) is 0 Å². The summed E-state index contributed by atoms with van der Waals surface area (Å²) >= 11 is 0. The zero-order valence-electron chi connectivity index (χ0n) is 13.2. The Labute approximate surface area is 119 Å². The van der Waals surface area contributed by atoms with Crippen LogP contribution in [0.25, 0.3) is 0 Å². The van der Waals surface area contributed by atoms with Gasteiger partial charge in [-0.15, -0.1) is 0 Å². The number of hydrogen-bond acceptors (Lipinski definition) is 0. The fraction of sp³-hybridized carbons (Fsp3) is 0.684. The molecule has 3 unspecified atom stereocenters. The Morgan fingerprint density at radius 3 is 2.68 bits per heavy atom. The van der Waals surface area contributed by atoms with E-state index in [1.807, 2.05) is 0 Å². The largest absolute Gasteiger partial charge is 0.0958 e. The maximum Gasteiger partial charge on any atom is 0.000287 e. The van der Waals surface area contributed by atoms with Crippen molar-refractivity contribution < 1.29 is 0 Å². The van der Waals surface area contributed by atoms with Crippen molar-refractivity contribution >= 4 is 0 Å². The van der Waals surface area contributed by atoms with E-state index in [9.17, 15) is 0 Å². The molecule has 0 fully saturated rings. The van der Waals surface area contributed by atoms with Crippen molar-refractivity contribution in [2.75, 3.05) is 0 Å². The van der Waals surface area contributed by atoms with Crippen molar-refractivity contribution in [1.82, 2.24) is 0 Å². The van der Waals surface area contributed by atoms with E-state index < -0.39 is 0 Å². The molecule has 0 aromatic heterocycles. The third kappa shape index (κ3) is 3.84. The second-order valence-electron chi connectivity index (χ2n) is 7.06. The SMILES string of the molecule is C=C(C)C1=CC(CCCC2=CC2C(C)C)C(C)CC1. The summed E-state index contributed by atoms with van der Waals surface area (Å²) in [6.07, 6.45) is 11.7. The number of hydrogen-bond donors (Lipinski definition) is 0. The molecule has 0 aliphatic heterocycles. The topological polar surface area (TPSA) is 0 Å². The fourth-order valence-electron chi connectivity index (χ4n) is 3.42. The number of allylic oxidation sites excluding steroid dienone is 5. The predicted octanol–water partition coefficient (Wildman–Crippen LogP) is 5.92. The first-order valence-electron chi connectivity index (χ1n) is 8.06. The van der Waals surface area contributed by atoms with Gasteiger partial charge in [0.25, 0.3) is 0 Å². The molecule has 0 heterocycles. The minimum Gasteiger partial charge on any atom is -0.0958 e. The molecule has 106 valence electrons. The van der Waals surface area contributed by atoms with Crippen LogP contribution in [0.3, 0.4) is 0 Å². The van der Waals surface area contributed by atoms with E-state index in [0.717, 1.165) is 23.7 Å². The molecular weight excluding hydrogens is 228 g/mol. The molecular formula is C19H30. The third-order valence-corrected chi connectivity index (χ3v) is 5.00. The van der Waals surface area contributed by atoms with Gasteiger partial charge in [0, 0.05) is 5.92 Å². The highest BCUT2D eigenvalue weighted by Gasteiger charge is 2.27. The Morgan fingerprint density at radius 2 is 2.11 bits per heavy atom. The zero-order valence-corrected chi connectivity index (χ0v) is 13.2. The van der Waals surface area contributed by atoms with Gasteiger partial charge in [-0.05, 0) is 62.4 Å². The maximum atomic E-state index is 4.11. The molecule has 0 nitrogen and oxygen atoms in total. The molecule has 2 aliphatic rings. The second kappa shape index (κ2) is 6.11. The van der Waals surface area contributed by atoms with Crippen LogP contribution >= 0.6 is 0 Å². The van der Waals surface area contributed by atoms with Crippen molar-refractivity contribution in [3.05, 3.63) is 35.5 Å². The Kier molecular flexibility index (Phi) is 4.71. The summed E-state index contributed by atoms with van der Waals surface area (Å²) in [6.45, 7) is 13.3. The molecule has 2 aliphatic carbocycles. The first-order chi connectivity index (χ1) is 8.99. The highest BCUT2D eigenvalue weighted by molar-refractivity contribution is 5.30. The summed E-state index contributed by atoms with van der Waals surface area (Å²) in [5, 5.41) is 0. The predicted molar refractivity (Wildman–Crippen MR) is 85.0 cm³/mol. The van der Waals surface area contributed by atoms with Crippen LogP contribution in [0.5, 0.6) is 0 Å². The summed E-state index contributed by atoms with van der Waals surface area (Å²) in [5.41, 5.74) is 4.53. The van der Waals surface area contributed by atoms with E-state index in [1.165, 1.54) is 43.3 Å². The molecule has 0 saturated heterocycles. The van der Waals surface area contributed by atoms with Crippen molar-refractivity contribution in [2.24, 2.45) is 23.7 Å². The lowest BCUT2D eigenvalue weighted by atomic mass is 9.78. The summed E-state index contributed by atoms with van der Waals surface area (Å²) in [4.78, 5) is 0. The highest BCUT2D eigenvalue weighted by Crippen LogP contribution is 2.40. The Balaban J connectivity index is 1.77. The first kappa shape index (κ1) is 14.6. The van der Waals surface area contributed by atoms with Gasteiger partial charge in [0.1, 0.15) is 0 Å². The molecule has 0 N–H and O–H groups in total. The molecule has 0 aromatic rings. The molecule has 0 heteroatoms. The van der Waals surface area contributed by atoms with Crippen LogP contribution in [0.1, 0.15) is 59.8 Å². The van der Waals surface area contributed by atoms with Crippen LogP contribution in [0.15, 0.2) is 35.5 Å². The molecule has 0 radical (unpaired) electrons. The lowest BCUT2D eigenvalue weighted by molar-refractivity contribution is 0.354.